The summed E-state index contributed by atoms with van der Waals surface area (Å²) >= 11 is 0. The molecule has 1 aliphatic rings. The fourth-order valence-corrected chi connectivity index (χ4v) is 2.18. The predicted octanol–water partition coefficient (Wildman–Crippen LogP) is 1.02. The van der Waals surface area contributed by atoms with Crippen LogP contribution in [0.5, 0.6) is 0 Å². The number of rotatable bonds is 1. The molecule has 2 aromatic rings. The zero-order chi connectivity index (χ0) is 11.1. The van der Waals surface area contributed by atoms with E-state index in [-0.39, 0.29) is 5.78 Å². The highest BCUT2D eigenvalue weighted by molar-refractivity contribution is 6.17. The second-order valence-corrected chi connectivity index (χ2v) is 3.88. The van der Waals surface area contributed by atoms with Gasteiger partial charge in [0, 0.05) is 28.7 Å². The molecule has 0 fully saturated rings. The minimum Gasteiger partial charge on any atom is -0.357 e. The SMILES string of the molecule is O=CC1NCc2[nH]c3ccccc3c2C1=O. The Morgan fingerprint density at radius 1 is 1.31 bits per heavy atom. The van der Waals surface area contributed by atoms with Crippen molar-refractivity contribution in [1.29, 1.82) is 0 Å². The number of Topliss-reactive ketones (excluding diaryl/α,β-unsaturated/α-hetero) is 1. The lowest BCUT2D eigenvalue weighted by Gasteiger charge is -2.17. The molecule has 0 bridgehead atoms. The van der Waals surface area contributed by atoms with Gasteiger partial charge in [0.05, 0.1) is 0 Å². The number of aromatic amines is 1. The molecule has 0 aliphatic carbocycles. The largest absolute Gasteiger partial charge is 0.357 e. The quantitative estimate of drug-likeness (QED) is 0.550. The first-order valence-corrected chi connectivity index (χ1v) is 5.13. The molecule has 3 rings (SSSR count). The van der Waals surface area contributed by atoms with Gasteiger partial charge >= 0.3 is 0 Å². The summed E-state index contributed by atoms with van der Waals surface area (Å²) in [5.41, 5.74) is 2.46. The van der Waals surface area contributed by atoms with Gasteiger partial charge in [-0.3, -0.25) is 10.1 Å². The minimum absolute atomic E-state index is 0.145. The van der Waals surface area contributed by atoms with E-state index >= 15 is 0 Å². The van der Waals surface area contributed by atoms with Crippen molar-refractivity contribution in [2.75, 3.05) is 0 Å². The minimum atomic E-state index is -0.702. The maximum absolute atomic E-state index is 12.0. The number of ketones is 1. The zero-order valence-corrected chi connectivity index (χ0v) is 8.49. The van der Waals surface area contributed by atoms with Crippen molar-refractivity contribution >= 4 is 23.0 Å². The lowest BCUT2D eigenvalue weighted by Crippen LogP contribution is -2.42. The molecule has 0 amide bonds. The molecule has 2 N–H and O–H groups in total. The second-order valence-electron chi connectivity index (χ2n) is 3.88. The van der Waals surface area contributed by atoms with Gasteiger partial charge in [0.2, 0.25) is 0 Å². The van der Waals surface area contributed by atoms with Gasteiger partial charge < -0.3 is 9.78 Å². The Labute approximate surface area is 91.6 Å². The molecule has 2 heterocycles. The molecule has 1 aliphatic heterocycles. The second kappa shape index (κ2) is 3.28. The van der Waals surface area contributed by atoms with Crippen LogP contribution < -0.4 is 5.32 Å². The smallest absolute Gasteiger partial charge is 0.189 e. The molecule has 1 atom stereocenters. The van der Waals surface area contributed by atoms with Crippen molar-refractivity contribution in [2.45, 2.75) is 12.6 Å². The first kappa shape index (κ1) is 9.30. The Bertz CT molecular complexity index is 586. The molecule has 1 aromatic heterocycles. The number of aromatic nitrogens is 1. The molecule has 16 heavy (non-hydrogen) atoms. The van der Waals surface area contributed by atoms with E-state index < -0.39 is 6.04 Å². The van der Waals surface area contributed by atoms with Crippen LogP contribution in [0.15, 0.2) is 24.3 Å². The molecular formula is C12H10N2O2. The van der Waals surface area contributed by atoms with E-state index in [1.807, 2.05) is 24.3 Å². The van der Waals surface area contributed by atoms with Crippen LogP contribution in [-0.4, -0.2) is 23.1 Å². The van der Waals surface area contributed by atoms with Crippen LogP contribution >= 0.6 is 0 Å². The van der Waals surface area contributed by atoms with Gasteiger partial charge in [-0.05, 0) is 6.07 Å². The topological polar surface area (TPSA) is 62.0 Å². The van der Waals surface area contributed by atoms with Gasteiger partial charge in [-0.2, -0.15) is 0 Å². The third kappa shape index (κ3) is 1.13. The van der Waals surface area contributed by atoms with Gasteiger partial charge in [0.15, 0.2) is 5.78 Å². The number of para-hydroxylation sites is 1. The van der Waals surface area contributed by atoms with Crippen molar-refractivity contribution in [3.8, 4) is 0 Å². The predicted molar refractivity (Wildman–Crippen MR) is 59.3 cm³/mol. The van der Waals surface area contributed by atoms with Crippen molar-refractivity contribution in [3.63, 3.8) is 0 Å². The standard InChI is InChI=1S/C12H10N2O2/c15-6-10-12(16)11-7-3-1-2-4-8(7)14-9(11)5-13-10/h1-4,6,10,13-14H,5H2. The van der Waals surface area contributed by atoms with Crippen molar-refractivity contribution in [3.05, 3.63) is 35.5 Å². The number of H-pyrrole nitrogens is 1. The van der Waals surface area contributed by atoms with Crippen molar-refractivity contribution < 1.29 is 9.59 Å². The Morgan fingerprint density at radius 2 is 2.12 bits per heavy atom. The van der Waals surface area contributed by atoms with Crippen molar-refractivity contribution in [1.82, 2.24) is 10.3 Å². The Balaban J connectivity index is 2.28. The van der Waals surface area contributed by atoms with Crippen LogP contribution in [0.3, 0.4) is 0 Å². The average molecular weight is 214 g/mol. The van der Waals surface area contributed by atoms with Gasteiger partial charge in [0.25, 0.3) is 0 Å². The molecule has 1 unspecified atom stereocenters. The van der Waals surface area contributed by atoms with Crippen LogP contribution in [-0.2, 0) is 11.3 Å². The molecule has 0 saturated carbocycles. The fourth-order valence-electron chi connectivity index (χ4n) is 2.18. The van der Waals surface area contributed by atoms with E-state index in [4.69, 9.17) is 0 Å². The van der Waals surface area contributed by atoms with E-state index in [9.17, 15) is 9.59 Å². The normalized spacial score (nSPS) is 19.8. The zero-order valence-electron chi connectivity index (χ0n) is 8.49. The number of fused-ring (bicyclic) bond motifs is 3. The number of hydrogen-bond donors (Lipinski definition) is 2. The van der Waals surface area contributed by atoms with Crippen LogP contribution in [0.1, 0.15) is 16.1 Å². The van der Waals surface area contributed by atoms with E-state index in [2.05, 4.69) is 10.3 Å². The van der Waals surface area contributed by atoms with E-state index in [0.29, 0.717) is 18.4 Å². The summed E-state index contributed by atoms with van der Waals surface area (Å²) in [6.07, 6.45) is 0.660. The maximum Gasteiger partial charge on any atom is 0.189 e. The molecule has 4 nitrogen and oxygen atoms in total. The molecule has 4 heteroatoms. The third-order valence-electron chi connectivity index (χ3n) is 2.95. The lowest BCUT2D eigenvalue weighted by molar-refractivity contribution is -0.108. The third-order valence-corrected chi connectivity index (χ3v) is 2.95. The van der Waals surface area contributed by atoms with E-state index in [1.54, 1.807) is 0 Å². The first-order valence-electron chi connectivity index (χ1n) is 5.13. The number of hydrogen-bond acceptors (Lipinski definition) is 3. The number of carbonyl (C=O) groups is 2. The van der Waals surface area contributed by atoms with Crippen LogP contribution in [0, 0.1) is 0 Å². The molecule has 0 spiro atoms. The Hall–Kier alpha value is -1.94. The molecule has 0 saturated heterocycles. The Morgan fingerprint density at radius 3 is 2.94 bits per heavy atom. The number of aldehydes is 1. The van der Waals surface area contributed by atoms with Crippen LogP contribution in [0.25, 0.3) is 10.9 Å². The summed E-state index contributed by atoms with van der Waals surface area (Å²) in [5, 5.41) is 3.79. The highest BCUT2D eigenvalue weighted by atomic mass is 16.1. The van der Waals surface area contributed by atoms with Gasteiger partial charge in [-0.25, -0.2) is 0 Å². The summed E-state index contributed by atoms with van der Waals surface area (Å²) in [4.78, 5) is 25.9. The lowest BCUT2D eigenvalue weighted by atomic mass is 9.98. The highest BCUT2D eigenvalue weighted by Gasteiger charge is 2.29. The molecule has 0 radical (unpaired) electrons. The van der Waals surface area contributed by atoms with Crippen LogP contribution in [0.2, 0.25) is 0 Å². The number of nitrogens with one attached hydrogen (secondary N) is 2. The monoisotopic (exact) mass is 214 g/mol. The summed E-state index contributed by atoms with van der Waals surface area (Å²) in [6, 6.07) is 6.93. The molecule has 80 valence electrons. The fraction of sp³-hybridized carbons (Fsp3) is 0.167. The number of benzene rings is 1. The van der Waals surface area contributed by atoms with E-state index in [0.717, 1.165) is 16.6 Å². The Kier molecular flexibility index (Phi) is 1.91. The summed E-state index contributed by atoms with van der Waals surface area (Å²) in [5.74, 6) is -0.145. The number of carbonyl (C=O) groups excluding carboxylic acids is 2. The maximum atomic E-state index is 12.0. The van der Waals surface area contributed by atoms with Gasteiger partial charge in [0.1, 0.15) is 12.3 Å². The van der Waals surface area contributed by atoms with Gasteiger partial charge in [-0.15, -0.1) is 0 Å². The highest BCUT2D eigenvalue weighted by Crippen LogP contribution is 2.25. The van der Waals surface area contributed by atoms with Crippen LogP contribution in [0.4, 0.5) is 0 Å². The van der Waals surface area contributed by atoms with E-state index in [1.165, 1.54) is 0 Å². The molecular weight excluding hydrogens is 204 g/mol. The summed E-state index contributed by atoms with van der Waals surface area (Å²) < 4.78 is 0. The molecule has 1 aromatic carbocycles. The first-order chi connectivity index (χ1) is 7.81. The van der Waals surface area contributed by atoms with Crippen molar-refractivity contribution in [2.24, 2.45) is 0 Å². The summed E-state index contributed by atoms with van der Waals surface area (Å²) in [6.45, 7) is 0.527. The summed E-state index contributed by atoms with van der Waals surface area (Å²) in [7, 11) is 0. The van der Waals surface area contributed by atoms with Gasteiger partial charge in [-0.1, -0.05) is 18.2 Å². The average Bonchev–Trinajstić information content (AvgIpc) is 2.68.